The summed E-state index contributed by atoms with van der Waals surface area (Å²) >= 11 is 1.26. The summed E-state index contributed by atoms with van der Waals surface area (Å²) in [5.74, 6) is -1.14. The SMILES string of the molecule is CC(C)(C)OC(=O)N[C@@H]1COCC[C@@H]1N(Cc1cc(C(=O)O)cs1)C(=O)OCC1c2ccccc2-c2ccccc21. The molecule has 2 atom stereocenters. The van der Waals surface area contributed by atoms with E-state index in [4.69, 9.17) is 14.2 Å². The minimum atomic E-state index is -1.03. The van der Waals surface area contributed by atoms with Gasteiger partial charge in [-0.25, -0.2) is 14.4 Å². The Morgan fingerprint density at radius 3 is 2.34 bits per heavy atom. The van der Waals surface area contributed by atoms with Crippen molar-refractivity contribution in [3.8, 4) is 11.1 Å². The number of amides is 2. The molecule has 0 bridgehead atoms. The van der Waals surface area contributed by atoms with E-state index in [9.17, 15) is 19.5 Å². The predicted octanol–water partition coefficient (Wildman–Crippen LogP) is 5.88. The second-order valence-electron chi connectivity index (χ2n) is 11.2. The molecule has 2 N–H and O–H groups in total. The molecule has 1 aromatic heterocycles. The third-order valence-corrected chi connectivity index (χ3v) is 8.14. The van der Waals surface area contributed by atoms with Crippen LogP contribution in [0, 0.1) is 0 Å². The van der Waals surface area contributed by atoms with Gasteiger partial charge in [-0.2, -0.15) is 0 Å². The third-order valence-electron chi connectivity index (χ3n) is 7.22. The minimum absolute atomic E-state index is 0.112. The molecule has 3 aromatic rings. The van der Waals surface area contributed by atoms with Crippen molar-refractivity contribution in [3.63, 3.8) is 0 Å². The van der Waals surface area contributed by atoms with Gasteiger partial charge >= 0.3 is 18.2 Å². The number of carbonyl (C=O) groups is 3. The number of carbonyl (C=O) groups excluding carboxylic acids is 2. The van der Waals surface area contributed by atoms with Crippen LogP contribution in [0.15, 0.2) is 60.0 Å². The van der Waals surface area contributed by atoms with Crippen LogP contribution in [0.2, 0.25) is 0 Å². The molecule has 5 rings (SSSR count). The van der Waals surface area contributed by atoms with Gasteiger partial charge in [0.05, 0.1) is 30.8 Å². The van der Waals surface area contributed by atoms with Crippen LogP contribution in [0.25, 0.3) is 11.1 Å². The van der Waals surface area contributed by atoms with Crippen LogP contribution in [-0.4, -0.2) is 65.7 Å². The van der Waals surface area contributed by atoms with E-state index in [1.54, 1.807) is 37.1 Å². The van der Waals surface area contributed by atoms with E-state index in [2.05, 4.69) is 29.6 Å². The maximum atomic E-state index is 13.8. The number of rotatable bonds is 7. The first-order valence-corrected chi connectivity index (χ1v) is 14.5. The summed E-state index contributed by atoms with van der Waals surface area (Å²) < 4.78 is 17.1. The standard InChI is InChI=1S/C31H34N2O7S/c1-31(2,3)40-29(36)32-26-17-38-13-12-27(26)33(15-20-14-19(18-41-20)28(34)35)30(37)39-16-25-23-10-6-4-8-21(23)22-9-5-7-11-24(22)25/h4-11,14,18,25-27H,12-13,15-17H2,1-3H3,(H,32,36)(H,34,35)/t26-,27+/m1/s1. The maximum absolute atomic E-state index is 13.8. The Morgan fingerprint density at radius 1 is 1.07 bits per heavy atom. The van der Waals surface area contributed by atoms with Crippen molar-refractivity contribution in [2.75, 3.05) is 19.8 Å². The molecule has 9 nitrogen and oxygen atoms in total. The van der Waals surface area contributed by atoms with Gasteiger partial charge in [0.25, 0.3) is 0 Å². The van der Waals surface area contributed by atoms with E-state index in [1.807, 2.05) is 24.3 Å². The molecule has 0 radical (unpaired) electrons. The Morgan fingerprint density at radius 2 is 1.73 bits per heavy atom. The van der Waals surface area contributed by atoms with Gasteiger partial charge in [0.1, 0.15) is 12.2 Å². The van der Waals surface area contributed by atoms with E-state index >= 15 is 0 Å². The summed E-state index contributed by atoms with van der Waals surface area (Å²) in [4.78, 5) is 40.3. The number of thiophene rings is 1. The lowest BCUT2D eigenvalue weighted by Crippen LogP contribution is -2.58. The molecular weight excluding hydrogens is 544 g/mol. The molecule has 0 unspecified atom stereocenters. The van der Waals surface area contributed by atoms with Gasteiger partial charge in [0.2, 0.25) is 0 Å². The van der Waals surface area contributed by atoms with Crippen LogP contribution < -0.4 is 5.32 Å². The Bertz CT molecular complexity index is 1380. The molecular formula is C31H34N2O7S. The van der Waals surface area contributed by atoms with Crippen molar-refractivity contribution < 1.29 is 33.7 Å². The van der Waals surface area contributed by atoms with E-state index < -0.39 is 35.8 Å². The van der Waals surface area contributed by atoms with Gasteiger partial charge in [-0.3, -0.25) is 4.90 Å². The minimum Gasteiger partial charge on any atom is -0.478 e. The lowest BCUT2D eigenvalue weighted by Gasteiger charge is -2.39. The fourth-order valence-electron chi connectivity index (χ4n) is 5.43. The average molecular weight is 579 g/mol. The molecule has 1 aliphatic carbocycles. The first kappa shape index (κ1) is 28.6. The Balaban J connectivity index is 1.38. The highest BCUT2D eigenvalue weighted by Gasteiger charge is 2.37. The zero-order valence-corrected chi connectivity index (χ0v) is 24.1. The van der Waals surface area contributed by atoms with Gasteiger partial charge in [0, 0.05) is 22.8 Å². The molecule has 41 heavy (non-hydrogen) atoms. The van der Waals surface area contributed by atoms with Crippen LogP contribution in [0.5, 0.6) is 0 Å². The second-order valence-corrected chi connectivity index (χ2v) is 12.2. The number of alkyl carbamates (subject to hydrolysis) is 1. The number of aromatic carboxylic acids is 1. The molecule has 2 amide bonds. The summed E-state index contributed by atoms with van der Waals surface area (Å²) in [6.07, 6.45) is -0.684. The molecule has 1 saturated heterocycles. The molecule has 2 aliphatic rings. The number of nitrogens with one attached hydrogen (secondary N) is 1. The number of nitrogens with zero attached hydrogens (tertiary/aromatic N) is 1. The quantitative estimate of drug-likeness (QED) is 0.360. The van der Waals surface area contributed by atoms with Crippen molar-refractivity contribution in [1.29, 1.82) is 0 Å². The second kappa shape index (κ2) is 11.9. The predicted molar refractivity (Wildman–Crippen MR) is 154 cm³/mol. The van der Waals surface area contributed by atoms with E-state index in [-0.39, 0.29) is 31.2 Å². The number of hydrogen-bond donors (Lipinski definition) is 2. The molecule has 10 heteroatoms. The van der Waals surface area contributed by atoms with E-state index in [1.165, 1.54) is 11.3 Å². The molecule has 1 aliphatic heterocycles. The number of carboxylic acids is 1. The summed E-state index contributed by atoms with van der Waals surface area (Å²) in [6, 6.07) is 16.8. The third kappa shape index (κ3) is 6.55. The molecule has 0 spiro atoms. The molecule has 0 saturated carbocycles. The van der Waals surface area contributed by atoms with Crippen LogP contribution in [0.3, 0.4) is 0 Å². The first-order valence-electron chi connectivity index (χ1n) is 13.6. The summed E-state index contributed by atoms with van der Waals surface area (Å²) in [5, 5.41) is 13.8. The highest BCUT2D eigenvalue weighted by Crippen LogP contribution is 2.44. The van der Waals surface area contributed by atoms with Crippen LogP contribution in [0.4, 0.5) is 9.59 Å². The molecule has 216 valence electrons. The van der Waals surface area contributed by atoms with Gasteiger partial charge < -0.3 is 24.6 Å². The first-order chi connectivity index (χ1) is 19.6. The van der Waals surface area contributed by atoms with Crippen molar-refractivity contribution in [1.82, 2.24) is 10.2 Å². The van der Waals surface area contributed by atoms with Gasteiger partial charge in [-0.05, 0) is 55.5 Å². The fraction of sp³-hybridized carbons (Fsp3) is 0.387. The Labute approximate surface area is 243 Å². The van der Waals surface area contributed by atoms with E-state index in [0.717, 1.165) is 22.3 Å². The number of fused-ring (bicyclic) bond motifs is 3. The lowest BCUT2D eigenvalue weighted by molar-refractivity contribution is -0.00684. The smallest absolute Gasteiger partial charge is 0.410 e. The fourth-order valence-corrected chi connectivity index (χ4v) is 6.29. The van der Waals surface area contributed by atoms with Crippen molar-refractivity contribution in [3.05, 3.63) is 81.5 Å². The monoisotopic (exact) mass is 578 g/mol. The topological polar surface area (TPSA) is 114 Å². The van der Waals surface area contributed by atoms with Gasteiger partial charge in [-0.1, -0.05) is 48.5 Å². The van der Waals surface area contributed by atoms with Gasteiger partial charge in [-0.15, -0.1) is 11.3 Å². The van der Waals surface area contributed by atoms with Crippen LogP contribution in [-0.2, 0) is 20.8 Å². The highest BCUT2D eigenvalue weighted by molar-refractivity contribution is 7.10. The normalized spacial score (nSPS) is 18.2. The zero-order valence-electron chi connectivity index (χ0n) is 23.3. The Kier molecular flexibility index (Phi) is 8.32. The largest absolute Gasteiger partial charge is 0.478 e. The van der Waals surface area contributed by atoms with Crippen molar-refractivity contribution in [2.45, 2.75) is 57.3 Å². The lowest BCUT2D eigenvalue weighted by atomic mass is 9.98. The Hall–Kier alpha value is -3.89. The van der Waals surface area contributed by atoms with Crippen LogP contribution in [0.1, 0.15) is 59.5 Å². The molecule has 2 aromatic carbocycles. The van der Waals surface area contributed by atoms with Gasteiger partial charge in [0.15, 0.2) is 0 Å². The number of benzene rings is 2. The highest BCUT2D eigenvalue weighted by atomic mass is 32.1. The maximum Gasteiger partial charge on any atom is 0.410 e. The van der Waals surface area contributed by atoms with Crippen molar-refractivity contribution in [2.24, 2.45) is 0 Å². The number of carboxylic acid groups (broad SMARTS) is 1. The summed E-state index contributed by atoms with van der Waals surface area (Å²) in [6.45, 7) is 6.20. The average Bonchev–Trinajstić information content (AvgIpc) is 3.53. The number of hydrogen-bond acceptors (Lipinski definition) is 7. The van der Waals surface area contributed by atoms with Crippen molar-refractivity contribution >= 4 is 29.5 Å². The summed E-state index contributed by atoms with van der Waals surface area (Å²) in [5.41, 5.74) is 3.94. The number of ether oxygens (including phenoxy) is 3. The molecule has 2 heterocycles. The molecule has 1 fully saturated rings. The van der Waals surface area contributed by atoms with E-state index in [0.29, 0.717) is 17.9 Å². The van der Waals surface area contributed by atoms with Crippen LogP contribution >= 0.6 is 11.3 Å². The summed E-state index contributed by atoms with van der Waals surface area (Å²) in [7, 11) is 0. The zero-order chi connectivity index (χ0) is 29.1.